The lowest BCUT2D eigenvalue weighted by Crippen LogP contribution is -2.43. The van der Waals surface area contributed by atoms with Gasteiger partial charge in [0, 0.05) is 91.2 Å². The monoisotopic (exact) mass is 1630 g/mol. The van der Waals surface area contributed by atoms with Crippen LogP contribution < -0.4 is 67.7 Å². The smallest absolute Gasteiger partial charge is 0.351 e. The van der Waals surface area contributed by atoms with Crippen molar-refractivity contribution in [1.82, 2.24) is 57.3 Å². The molecule has 6 aliphatic rings. The molecule has 114 heavy (non-hydrogen) atoms. The number of aliphatic hydroxyl groups excluding tert-OH is 8. The largest absolute Gasteiger partial charge is 0.394 e. The van der Waals surface area contributed by atoms with Crippen LogP contribution in [0, 0.1) is 23.7 Å². The molecular weight excluding hydrogens is 1540 g/mol. The standard InChI is InChI=1S/C15H21FN2O3.C13H18FN3O4.C12H17FN2O4.C11H15FN2O5.C10H13FN2O4.C9H11FN2O5/c1-4-6-8-15(5-2)10(3)12(16)13(21-15)18-9-7-11(19)17-14(18)20;1-2-3-5-13(7-18)10(19)9(14)11(21-13)17-6-4-8(15)16-12(17)20;1-3-12(6-16)7(2)9(13)10(19-12)15-5-4-8(17)14-11(15)18;1-6-8(12)9(19-11(6,4-15)5-16)14-3-2-7(17)13-10(14)18;1-5-6(4-14)17-9(8(5)11)13-3-2-7(15)12-10(13)16;10-6-7(15)4(3-13)17-8(6)12-2-1-5(14)11-9(12)16/h6-10,12-13H,4-5H2,1-3H3,(H,17,19,20);3-6,9-11,18-19H,2,7H2,1H3,(H2,15,16,20);4-5,7,9-10,16H,3,6H2,1-2H3,(H,14,17,18);2-3,6,8-9,15-16H,4-5H2,1H3,(H,13,17,18);2-3,5-6,8-9,14H,4H2,1H3,(H,12,15,16);1-2,4,6-8,13,15H,3H2,(H,11,14,16)/b8-6+;5-3+;;;;/t10-,12+,13+,15-;9-,10+,11-,13-;7-,9+,10+,12-;6-,8+,9+;5-,6-,8-,9-;4-,6-,7-,8-/m010011/s1. The maximum atomic E-state index is 14.6. The van der Waals surface area contributed by atoms with Crippen molar-refractivity contribution in [2.75, 3.05) is 45.4 Å². The van der Waals surface area contributed by atoms with Crippen molar-refractivity contribution in [1.29, 1.82) is 0 Å². The molecule has 0 bridgehead atoms. The Morgan fingerprint density at radius 2 is 0.763 bits per heavy atom. The number of ether oxygens (including phenoxy) is 6. The first-order chi connectivity index (χ1) is 53.9. The van der Waals surface area contributed by atoms with Crippen molar-refractivity contribution in [2.45, 2.75) is 202 Å². The van der Waals surface area contributed by atoms with Gasteiger partial charge in [-0.25, -0.2) is 55.1 Å². The molecule has 6 aromatic rings. The fourth-order valence-corrected chi connectivity index (χ4v) is 13.3. The number of alkyl halides is 6. The number of allylic oxidation sites excluding steroid dienone is 2. The fraction of sp³-hybridized carbons (Fsp3) is 0.600. The summed E-state index contributed by atoms with van der Waals surface area (Å²) in [5, 5.41) is 74.8. The quantitative estimate of drug-likeness (QED) is 0.0339. The molecule has 0 aromatic carbocycles. The van der Waals surface area contributed by atoms with Gasteiger partial charge in [-0.05, 0) is 31.7 Å². The second kappa shape index (κ2) is 39.3. The number of aromatic nitrogens is 12. The molecule has 6 aromatic heterocycles. The first kappa shape index (κ1) is 91.8. The Bertz CT molecular complexity index is 4750. The molecule has 6 aliphatic heterocycles. The summed E-state index contributed by atoms with van der Waals surface area (Å²) in [6.45, 7) is 11.1. The number of hydrogen-bond donors (Lipinski definition) is 14. The molecule has 38 nitrogen and oxygen atoms in total. The predicted octanol–water partition coefficient (Wildman–Crippen LogP) is -1.63. The van der Waals surface area contributed by atoms with E-state index in [2.05, 4.69) is 15.0 Å². The minimum Gasteiger partial charge on any atom is -0.394 e. The maximum Gasteiger partial charge on any atom is 0.351 e. The minimum absolute atomic E-state index is 0.00417. The number of nitrogen functional groups attached to an aromatic ring is 1. The Hall–Kier alpha value is -9.42. The van der Waals surface area contributed by atoms with E-state index in [0.29, 0.717) is 19.3 Å². The van der Waals surface area contributed by atoms with Crippen molar-refractivity contribution in [3.63, 3.8) is 0 Å². The Kier molecular flexibility index (Phi) is 31.6. The second-order valence-corrected chi connectivity index (χ2v) is 27.5. The molecule has 6 fully saturated rings. The number of anilines is 1. The summed E-state index contributed by atoms with van der Waals surface area (Å²) in [6.07, 6.45) is -5.12. The predicted molar refractivity (Wildman–Crippen MR) is 389 cm³/mol. The summed E-state index contributed by atoms with van der Waals surface area (Å²) < 4.78 is 123. The van der Waals surface area contributed by atoms with E-state index in [9.17, 15) is 110 Å². The minimum atomic E-state index is -1.89. The summed E-state index contributed by atoms with van der Waals surface area (Å²) in [5.74, 6) is -2.24. The third-order valence-corrected chi connectivity index (χ3v) is 20.7. The van der Waals surface area contributed by atoms with E-state index >= 15 is 0 Å². The highest BCUT2D eigenvalue weighted by Crippen LogP contribution is 2.48. The van der Waals surface area contributed by atoms with Crippen LogP contribution in [-0.2, 0) is 28.4 Å². The lowest BCUT2D eigenvalue weighted by atomic mass is 9.85. The molecule has 12 rings (SSSR count). The zero-order chi connectivity index (χ0) is 84.8. The van der Waals surface area contributed by atoms with E-state index in [4.69, 9.17) is 44.4 Å². The summed E-state index contributed by atoms with van der Waals surface area (Å²) in [6, 6.07) is 6.87. The van der Waals surface area contributed by atoms with Gasteiger partial charge in [-0.15, -0.1) is 0 Å². The van der Waals surface area contributed by atoms with Crippen LogP contribution in [0.5, 0.6) is 0 Å². The first-order valence-corrected chi connectivity index (χ1v) is 36.0. The van der Waals surface area contributed by atoms with Gasteiger partial charge in [0.25, 0.3) is 27.8 Å². The Labute approximate surface area is 640 Å². The zero-order valence-electron chi connectivity index (χ0n) is 62.8. The topological polar surface area (TPSA) is 552 Å². The number of nitrogens with one attached hydrogen (secondary N) is 5. The van der Waals surface area contributed by atoms with Crippen molar-refractivity contribution < 1.29 is 95.6 Å². The zero-order valence-corrected chi connectivity index (χ0v) is 62.8. The van der Waals surface area contributed by atoms with E-state index < -0.39 is 227 Å². The molecule has 0 radical (unpaired) electrons. The number of hydrogen-bond acceptors (Lipinski definition) is 27. The first-order valence-electron chi connectivity index (χ1n) is 36.0. The van der Waals surface area contributed by atoms with E-state index in [1.807, 2.05) is 47.9 Å². The molecule has 12 heterocycles. The third-order valence-electron chi connectivity index (χ3n) is 20.7. The van der Waals surface area contributed by atoms with Gasteiger partial charge < -0.3 is 75.0 Å². The van der Waals surface area contributed by atoms with Gasteiger partial charge >= 0.3 is 34.1 Å². The van der Waals surface area contributed by atoms with Crippen LogP contribution in [0.1, 0.15) is 118 Å². The molecule has 44 heteroatoms. The molecule has 0 amide bonds. The van der Waals surface area contributed by atoms with Crippen molar-refractivity contribution in [2.24, 2.45) is 23.7 Å². The lowest BCUT2D eigenvalue weighted by Gasteiger charge is -2.29. The average Bonchev–Trinajstić information content (AvgIpc) is 1.62. The SMILES string of the molecule is CC/C=C/[C@]1(CC)O[C@@H](n2ccc(=O)[nH]c2=O)[C@H](F)[C@@H]1C.CC/C=C/[C@]1(CO)O[C@@H](n2ccc(N)nc2=O)[C@H](F)[C@@H]1O.CC[C@@]1(CO)O[C@@H](n2ccc(=O)[nH]c2=O)[C@H](F)[C@@H]1C.C[C@H]1[C@@H](F)[C@H](n2ccc(=O)[nH]c2=O)OC1(CO)CO.C[C@H]1[C@@H](F)[C@H](n2ccc(=O)[nH]c2=O)O[C@@H]1CO.O=c1ccn([C@@H]2O[C@H](CO)[C@@H](O)[C@H]2F)c(=O)[nH]1. The van der Waals surface area contributed by atoms with Gasteiger partial charge in [0.1, 0.15) is 35.3 Å². The normalized spacial score (nSPS) is 32.6. The number of nitrogens with zero attached hydrogens (tertiary/aromatic N) is 7. The number of H-pyrrole nitrogens is 5. The summed E-state index contributed by atoms with van der Waals surface area (Å²) in [4.78, 5) is 138. The van der Waals surface area contributed by atoms with Crippen molar-refractivity contribution in [3.8, 4) is 0 Å². The number of halogens is 6. The van der Waals surface area contributed by atoms with Crippen molar-refractivity contribution in [3.05, 3.63) is 213 Å². The Balaban J connectivity index is 0.000000190. The summed E-state index contributed by atoms with van der Waals surface area (Å²) in [7, 11) is 0. The van der Waals surface area contributed by atoms with Gasteiger partial charge in [-0.1, -0.05) is 79.7 Å². The van der Waals surface area contributed by atoms with Gasteiger partial charge in [-0.3, -0.25) is 76.3 Å². The molecule has 6 saturated heterocycles. The maximum absolute atomic E-state index is 14.6. The fourth-order valence-electron chi connectivity index (χ4n) is 13.3. The van der Waals surface area contributed by atoms with Gasteiger partial charge in [-0.2, -0.15) is 4.98 Å². The highest BCUT2D eigenvalue weighted by Gasteiger charge is 2.57. The lowest BCUT2D eigenvalue weighted by molar-refractivity contribution is -0.136. The molecule has 15 N–H and O–H groups in total. The van der Waals surface area contributed by atoms with Crippen LogP contribution in [0.2, 0.25) is 0 Å². The van der Waals surface area contributed by atoms with Gasteiger partial charge in [0.2, 0.25) is 0 Å². The highest BCUT2D eigenvalue weighted by atomic mass is 19.2. The third kappa shape index (κ3) is 19.6. The Morgan fingerprint density at radius 3 is 1.10 bits per heavy atom. The van der Waals surface area contributed by atoms with Crippen LogP contribution in [0.4, 0.5) is 32.2 Å². The molecule has 0 unspecified atom stereocenters. The second-order valence-electron chi connectivity index (χ2n) is 27.5. The average molecular weight is 1630 g/mol. The van der Waals surface area contributed by atoms with Crippen molar-refractivity contribution >= 4 is 5.82 Å². The van der Waals surface area contributed by atoms with Crippen LogP contribution in [0.25, 0.3) is 0 Å². The number of nitrogens with two attached hydrogens (primary N) is 1. The number of aromatic amines is 5. The molecule has 0 aliphatic carbocycles. The van der Waals surface area contributed by atoms with Crippen LogP contribution in [0.3, 0.4) is 0 Å². The van der Waals surface area contributed by atoms with Crippen LogP contribution in [0.15, 0.2) is 151 Å². The molecule has 0 saturated carbocycles. The van der Waals surface area contributed by atoms with E-state index in [0.717, 1.165) is 70.5 Å². The van der Waals surface area contributed by atoms with Crippen LogP contribution >= 0.6 is 0 Å². The number of rotatable bonds is 18. The number of aliphatic hydroxyl groups is 8. The van der Waals surface area contributed by atoms with Crippen LogP contribution in [-0.4, -0.2) is 222 Å². The van der Waals surface area contributed by atoms with E-state index in [1.165, 1.54) is 49.9 Å². The summed E-state index contributed by atoms with van der Waals surface area (Å²) in [5.41, 5.74) is -6.74. The van der Waals surface area contributed by atoms with E-state index in [1.54, 1.807) is 33.8 Å². The molecule has 23 atom stereocenters. The molecular formula is C70H95F6N13O25. The van der Waals surface area contributed by atoms with Gasteiger partial charge in [0.15, 0.2) is 74.4 Å². The molecule has 0 spiro atoms. The van der Waals surface area contributed by atoms with Gasteiger partial charge in [0.05, 0.1) is 56.9 Å². The Morgan fingerprint density at radius 1 is 0.421 bits per heavy atom. The van der Waals surface area contributed by atoms with E-state index in [-0.39, 0.29) is 24.9 Å². The molecule has 632 valence electrons. The summed E-state index contributed by atoms with van der Waals surface area (Å²) >= 11 is 0. The highest BCUT2D eigenvalue weighted by molar-refractivity contribution is 5.24.